The number of carbonyl (C=O) groups is 1. The highest BCUT2D eigenvalue weighted by Gasteiger charge is 2.34. The second kappa shape index (κ2) is 3.13. The average molecular weight is 207 g/mol. The van der Waals surface area contributed by atoms with E-state index in [2.05, 4.69) is 4.98 Å². The van der Waals surface area contributed by atoms with Crippen LogP contribution in [0.4, 0.5) is 13.2 Å². The molecule has 5 nitrogen and oxygen atoms in total. The average Bonchev–Trinajstić information content (AvgIpc) is 2.01. The Bertz CT molecular complexity index is 423. The number of aromatic amines is 1. The number of nitrogens with zero attached hydrogens (tertiary/aromatic N) is 1. The van der Waals surface area contributed by atoms with Crippen LogP contribution in [-0.4, -0.2) is 15.9 Å². The van der Waals surface area contributed by atoms with Gasteiger partial charge in [-0.25, -0.2) is 4.98 Å². The molecule has 0 aliphatic heterocycles. The molecule has 0 spiro atoms. The van der Waals surface area contributed by atoms with Gasteiger partial charge in [-0.1, -0.05) is 0 Å². The molecule has 0 fully saturated rings. The number of aromatic carboxylic acids is 1. The predicted molar refractivity (Wildman–Crippen MR) is 34.2 cm³/mol. The summed E-state index contributed by atoms with van der Waals surface area (Å²) in [5.41, 5.74) is -2.34. The van der Waals surface area contributed by atoms with Crippen LogP contribution in [0.2, 0.25) is 0 Å². The summed E-state index contributed by atoms with van der Waals surface area (Å²) in [5, 5.41) is 10.1. The fourth-order valence-electron chi connectivity index (χ4n) is 0.684. The van der Waals surface area contributed by atoms with Crippen molar-refractivity contribution in [1.82, 2.24) is 9.97 Å². The molecule has 0 unspecified atom stereocenters. The van der Waals surface area contributed by atoms with Crippen molar-refractivity contribution in [2.45, 2.75) is 6.18 Å². The topological polar surface area (TPSA) is 85.9 Å². The van der Waals surface area contributed by atoms with Crippen LogP contribution >= 0.6 is 0 Å². The predicted octanol–water partition coefficient (Wildman–Crippen LogP) is -0.848. The van der Waals surface area contributed by atoms with Crippen molar-refractivity contribution >= 4 is 5.97 Å². The summed E-state index contributed by atoms with van der Waals surface area (Å²) in [7, 11) is 0. The molecule has 0 aliphatic rings. The third kappa shape index (κ3) is 1.90. The molecule has 8 heteroatoms. The van der Waals surface area contributed by atoms with Gasteiger partial charge in [0.15, 0.2) is 0 Å². The minimum atomic E-state index is -4.82. The molecule has 1 N–H and O–H groups in total. The minimum Gasteiger partial charge on any atom is -0.545 e. The van der Waals surface area contributed by atoms with Crippen LogP contribution in [0.15, 0.2) is 11.0 Å². The van der Waals surface area contributed by atoms with E-state index in [1.807, 2.05) is 0 Å². The number of H-pyrrole nitrogens is 1. The van der Waals surface area contributed by atoms with Gasteiger partial charge < -0.3 is 14.9 Å². The van der Waals surface area contributed by atoms with Crippen LogP contribution in [0, 0.1) is 0 Å². The highest BCUT2D eigenvalue weighted by Crippen LogP contribution is 2.24. The van der Waals surface area contributed by atoms with E-state index in [0.717, 1.165) is 0 Å². The third-order valence-electron chi connectivity index (χ3n) is 1.29. The SMILES string of the molecule is O=C([O-])c1cnc(C(F)(F)F)[nH]c1=O. The fraction of sp³-hybridized carbons (Fsp3) is 0.167. The molecule has 1 heterocycles. The quantitative estimate of drug-likeness (QED) is 0.649. The van der Waals surface area contributed by atoms with Crippen molar-refractivity contribution in [3.05, 3.63) is 27.9 Å². The number of hydrogen-bond acceptors (Lipinski definition) is 4. The zero-order chi connectivity index (χ0) is 10.9. The Morgan fingerprint density at radius 1 is 1.50 bits per heavy atom. The number of carboxylic acid groups (broad SMARTS) is 1. The van der Waals surface area contributed by atoms with Gasteiger partial charge in [-0.2, -0.15) is 13.2 Å². The molecular formula is C6H2F3N2O3-. The molecule has 0 atom stereocenters. The third-order valence-corrected chi connectivity index (χ3v) is 1.29. The van der Waals surface area contributed by atoms with Crippen LogP contribution in [-0.2, 0) is 6.18 Å². The molecule has 0 aliphatic carbocycles. The molecule has 1 aromatic heterocycles. The molecule has 0 amide bonds. The summed E-state index contributed by atoms with van der Waals surface area (Å²) in [5.74, 6) is -3.43. The lowest BCUT2D eigenvalue weighted by Gasteiger charge is -2.05. The molecule has 0 aromatic carbocycles. The van der Waals surface area contributed by atoms with Gasteiger partial charge in [0.25, 0.3) is 5.56 Å². The normalized spacial score (nSPS) is 11.4. The summed E-state index contributed by atoms with van der Waals surface area (Å²) in [4.78, 5) is 24.9. The largest absolute Gasteiger partial charge is 0.545 e. The Kier molecular flexibility index (Phi) is 2.28. The van der Waals surface area contributed by atoms with E-state index in [1.165, 1.54) is 4.98 Å². The maximum Gasteiger partial charge on any atom is 0.449 e. The van der Waals surface area contributed by atoms with Crippen LogP contribution in [0.5, 0.6) is 0 Å². The molecular weight excluding hydrogens is 205 g/mol. The molecule has 76 valence electrons. The molecule has 14 heavy (non-hydrogen) atoms. The van der Waals surface area contributed by atoms with Crippen molar-refractivity contribution in [1.29, 1.82) is 0 Å². The summed E-state index contributed by atoms with van der Waals surface area (Å²) >= 11 is 0. The lowest BCUT2D eigenvalue weighted by atomic mass is 10.3. The second-order valence-corrected chi connectivity index (χ2v) is 2.26. The van der Waals surface area contributed by atoms with Crippen molar-refractivity contribution in [3.8, 4) is 0 Å². The monoisotopic (exact) mass is 207 g/mol. The Labute approximate surface area is 74.2 Å². The van der Waals surface area contributed by atoms with Gasteiger partial charge in [-0.15, -0.1) is 0 Å². The van der Waals surface area contributed by atoms with E-state index in [-0.39, 0.29) is 0 Å². The van der Waals surface area contributed by atoms with Crippen LogP contribution in [0.25, 0.3) is 0 Å². The number of hydrogen-bond donors (Lipinski definition) is 1. The molecule has 1 rings (SSSR count). The lowest BCUT2D eigenvalue weighted by molar-refractivity contribution is -0.255. The van der Waals surface area contributed by atoms with Crippen molar-refractivity contribution in [3.63, 3.8) is 0 Å². The first-order valence-electron chi connectivity index (χ1n) is 3.20. The van der Waals surface area contributed by atoms with Crippen molar-refractivity contribution in [2.75, 3.05) is 0 Å². The zero-order valence-corrected chi connectivity index (χ0v) is 6.38. The molecule has 0 bridgehead atoms. The van der Waals surface area contributed by atoms with Gasteiger partial charge in [-0.3, -0.25) is 4.79 Å². The number of carbonyl (C=O) groups excluding carboxylic acids is 1. The van der Waals surface area contributed by atoms with Crippen molar-refractivity contribution in [2.24, 2.45) is 0 Å². The second-order valence-electron chi connectivity index (χ2n) is 2.26. The number of aromatic nitrogens is 2. The number of alkyl halides is 3. The summed E-state index contributed by atoms with van der Waals surface area (Å²) in [6, 6.07) is 0. The van der Waals surface area contributed by atoms with E-state index in [1.54, 1.807) is 0 Å². The van der Waals surface area contributed by atoms with E-state index >= 15 is 0 Å². The highest BCUT2D eigenvalue weighted by molar-refractivity contribution is 5.84. The van der Waals surface area contributed by atoms with Gasteiger partial charge in [0, 0.05) is 6.20 Å². The number of carboxylic acids is 1. The van der Waals surface area contributed by atoms with Gasteiger partial charge in [0.2, 0.25) is 5.82 Å². The Morgan fingerprint density at radius 3 is 2.43 bits per heavy atom. The molecule has 0 radical (unpaired) electrons. The minimum absolute atomic E-state index is 0.303. The number of rotatable bonds is 1. The Hall–Kier alpha value is -1.86. The summed E-state index contributed by atoms with van der Waals surface area (Å²) < 4.78 is 35.7. The lowest BCUT2D eigenvalue weighted by Crippen LogP contribution is -2.32. The molecule has 0 saturated heterocycles. The van der Waals surface area contributed by atoms with E-state index in [9.17, 15) is 27.9 Å². The number of halogens is 3. The van der Waals surface area contributed by atoms with Crippen LogP contribution in [0.3, 0.4) is 0 Å². The fourth-order valence-corrected chi connectivity index (χ4v) is 0.684. The first-order chi connectivity index (χ1) is 6.32. The van der Waals surface area contributed by atoms with Crippen molar-refractivity contribution < 1.29 is 23.1 Å². The standard InChI is InChI=1S/C6H3F3N2O3/c7-6(8,9)5-10-1-2(4(13)14)3(12)11-5/h1H,(H,13,14)(H,10,11,12)/p-1. The number of nitrogens with one attached hydrogen (secondary N) is 1. The van der Waals surface area contributed by atoms with Crippen LogP contribution in [0.1, 0.15) is 16.2 Å². The maximum atomic E-state index is 11.9. The van der Waals surface area contributed by atoms with Crippen LogP contribution < -0.4 is 10.7 Å². The Balaban J connectivity index is 3.27. The maximum absolute atomic E-state index is 11.9. The van der Waals surface area contributed by atoms with E-state index in [4.69, 9.17) is 0 Å². The van der Waals surface area contributed by atoms with E-state index < -0.39 is 29.1 Å². The Morgan fingerprint density at radius 2 is 2.07 bits per heavy atom. The van der Waals surface area contributed by atoms with Gasteiger partial charge in [0.05, 0.1) is 11.5 Å². The van der Waals surface area contributed by atoms with Gasteiger partial charge >= 0.3 is 6.18 Å². The van der Waals surface area contributed by atoms with E-state index in [0.29, 0.717) is 6.20 Å². The smallest absolute Gasteiger partial charge is 0.449 e. The van der Waals surface area contributed by atoms with Gasteiger partial charge in [0.1, 0.15) is 0 Å². The first-order valence-corrected chi connectivity index (χ1v) is 3.20. The van der Waals surface area contributed by atoms with Gasteiger partial charge in [-0.05, 0) is 0 Å². The first kappa shape index (κ1) is 10.2. The summed E-state index contributed by atoms with van der Waals surface area (Å²) in [6.07, 6.45) is -4.51. The summed E-state index contributed by atoms with van der Waals surface area (Å²) in [6.45, 7) is 0. The zero-order valence-electron chi connectivity index (χ0n) is 6.38. The molecule has 0 saturated carbocycles. The highest BCUT2D eigenvalue weighted by atomic mass is 19.4. The molecule has 1 aromatic rings.